The van der Waals surface area contributed by atoms with E-state index < -0.39 is 15.8 Å². The third kappa shape index (κ3) is 4.51. The van der Waals surface area contributed by atoms with Crippen LogP contribution in [0.1, 0.15) is 5.56 Å². The summed E-state index contributed by atoms with van der Waals surface area (Å²) in [5.41, 5.74) is 1.39. The maximum atomic E-state index is 13.3. The lowest BCUT2D eigenvalue weighted by Crippen LogP contribution is -3.12. The standard InChI is InChI=1S/C20H24FN3O3S/c1-16-3-7-18(8-4-16)24(15-20(25)23-13-11-22(2)12-14-23)28(26,27)19-9-5-17(21)6-10-19/h3-10H,11-15H2,1-2H3/p+1. The quantitative estimate of drug-likeness (QED) is 0.795. The molecule has 150 valence electrons. The number of quaternary nitrogens is 1. The number of rotatable bonds is 5. The number of nitrogens with zero attached hydrogens (tertiary/aromatic N) is 2. The minimum atomic E-state index is -4.01. The predicted octanol–water partition coefficient (Wildman–Crippen LogP) is 0.686. The Bertz CT molecular complexity index is 922. The van der Waals surface area contributed by atoms with E-state index in [0.717, 1.165) is 35.1 Å². The number of hydrogen-bond acceptors (Lipinski definition) is 3. The number of carbonyl (C=O) groups is 1. The normalized spacial score (nSPS) is 15.5. The Labute approximate surface area is 165 Å². The topological polar surface area (TPSA) is 62.1 Å². The number of aryl methyl sites for hydroxylation is 1. The number of carbonyl (C=O) groups excluding carboxylic acids is 1. The van der Waals surface area contributed by atoms with Gasteiger partial charge < -0.3 is 9.80 Å². The van der Waals surface area contributed by atoms with Gasteiger partial charge in [-0.15, -0.1) is 0 Å². The fraction of sp³-hybridized carbons (Fsp3) is 0.350. The highest BCUT2D eigenvalue weighted by atomic mass is 32.2. The predicted molar refractivity (Wildman–Crippen MR) is 105 cm³/mol. The van der Waals surface area contributed by atoms with Crippen LogP contribution in [0.5, 0.6) is 0 Å². The van der Waals surface area contributed by atoms with Crippen molar-refractivity contribution in [3.63, 3.8) is 0 Å². The van der Waals surface area contributed by atoms with Gasteiger partial charge in [0, 0.05) is 0 Å². The summed E-state index contributed by atoms with van der Waals surface area (Å²) in [5, 5.41) is 0. The van der Waals surface area contributed by atoms with E-state index in [4.69, 9.17) is 0 Å². The fourth-order valence-electron chi connectivity index (χ4n) is 3.12. The molecule has 1 heterocycles. The maximum Gasteiger partial charge on any atom is 0.264 e. The molecule has 1 aliphatic heterocycles. The third-order valence-electron chi connectivity index (χ3n) is 4.97. The molecule has 0 atom stereocenters. The molecule has 8 heteroatoms. The molecule has 1 saturated heterocycles. The van der Waals surface area contributed by atoms with Gasteiger partial charge in [-0.3, -0.25) is 9.10 Å². The number of hydrogen-bond donors (Lipinski definition) is 1. The molecule has 28 heavy (non-hydrogen) atoms. The Morgan fingerprint density at radius 1 is 1.07 bits per heavy atom. The Morgan fingerprint density at radius 3 is 2.21 bits per heavy atom. The molecule has 0 aromatic heterocycles. The van der Waals surface area contributed by atoms with Crippen LogP contribution in [-0.2, 0) is 14.8 Å². The Hall–Kier alpha value is -2.45. The van der Waals surface area contributed by atoms with Crippen LogP contribution >= 0.6 is 0 Å². The van der Waals surface area contributed by atoms with Crippen molar-refractivity contribution in [2.24, 2.45) is 0 Å². The Morgan fingerprint density at radius 2 is 1.64 bits per heavy atom. The van der Waals surface area contributed by atoms with Crippen molar-refractivity contribution in [1.29, 1.82) is 0 Å². The van der Waals surface area contributed by atoms with Crippen molar-refractivity contribution >= 4 is 21.6 Å². The minimum Gasteiger partial charge on any atom is -0.334 e. The SMILES string of the molecule is Cc1ccc(N(CC(=O)N2CC[NH+](C)CC2)S(=O)(=O)c2ccc(F)cc2)cc1. The van der Waals surface area contributed by atoms with E-state index in [2.05, 4.69) is 7.05 Å². The molecule has 0 radical (unpaired) electrons. The zero-order chi connectivity index (χ0) is 20.3. The minimum absolute atomic E-state index is 0.0508. The van der Waals surface area contributed by atoms with Gasteiger partial charge in [-0.05, 0) is 43.3 Å². The molecule has 1 fully saturated rings. The van der Waals surface area contributed by atoms with Crippen LogP contribution in [0.3, 0.4) is 0 Å². The summed E-state index contributed by atoms with van der Waals surface area (Å²) in [6.45, 7) is 4.48. The van der Waals surface area contributed by atoms with Gasteiger partial charge in [0.1, 0.15) is 12.4 Å². The first-order chi connectivity index (χ1) is 13.3. The number of likely N-dealkylation sites (N-methyl/N-ethyl adjacent to an activating group) is 1. The van der Waals surface area contributed by atoms with Gasteiger partial charge in [0.05, 0.1) is 43.8 Å². The van der Waals surface area contributed by atoms with Crippen LogP contribution in [0.4, 0.5) is 10.1 Å². The molecule has 0 saturated carbocycles. The Kier molecular flexibility index (Phi) is 6.00. The first kappa shape index (κ1) is 20.3. The molecule has 1 amide bonds. The summed E-state index contributed by atoms with van der Waals surface area (Å²) in [6.07, 6.45) is 0. The third-order valence-corrected chi connectivity index (χ3v) is 6.76. The van der Waals surface area contributed by atoms with Crippen molar-refractivity contribution in [2.75, 3.05) is 44.1 Å². The van der Waals surface area contributed by atoms with Gasteiger partial charge in [0.2, 0.25) is 5.91 Å². The first-order valence-electron chi connectivity index (χ1n) is 9.21. The number of nitrogens with one attached hydrogen (secondary N) is 1. The van der Waals surface area contributed by atoms with E-state index in [1.807, 2.05) is 6.92 Å². The molecule has 0 unspecified atom stereocenters. The maximum absolute atomic E-state index is 13.3. The lowest BCUT2D eigenvalue weighted by atomic mass is 10.2. The van der Waals surface area contributed by atoms with E-state index in [1.165, 1.54) is 17.0 Å². The molecule has 1 aliphatic rings. The van der Waals surface area contributed by atoms with Crippen molar-refractivity contribution in [2.45, 2.75) is 11.8 Å². The fourth-order valence-corrected chi connectivity index (χ4v) is 4.53. The van der Waals surface area contributed by atoms with Crippen molar-refractivity contribution in [3.05, 3.63) is 59.9 Å². The molecular formula is C20H25FN3O3S+. The molecule has 3 rings (SSSR count). The number of sulfonamides is 1. The van der Waals surface area contributed by atoms with E-state index in [9.17, 15) is 17.6 Å². The van der Waals surface area contributed by atoms with Crippen LogP contribution in [0.2, 0.25) is 0 Å². The summed E-state index contributed by atoms with van der Waals surface area (Å²) in [6, 6.07) is 11.6. The lowest BCUT2D eigenvalue weighted by molar-refractivity contribution is -0.883. The number of halogens is 1. The van der Waals surface area contributed by atoms with E-state index >= 15 is 0 Å². The van der Waals surface area contributed by atoms with Crippen molar-refractivity contribution in [3.8, 4) is 0 Å². The first-order valence-corrected chi connectivity index (χ1v) is 10.7. The van der Waals surface area contributed by atoms with Gasteiger partial charge in [-0.2, -0.15) is 0 Å². The molecule has 1 N–H and O–H groups in total. The zero-order valence-electron chi connectivity index (χ0n) is 16.1. The monoisotopic (exact) mass is 406 g/mol. The second kappa shape index (κ2) is 8.28. The van der Waals surface area contributed by atoms with Gasteiger partial charge in [0.25, 0.3) is 10.0 Å². The second-order valence-corrected chi connectivity index (χ2v) is 9.00. The molecular weight excluding hydrogens is 381 g/mol. The second-order valence-electron chi connectivity index (χ2n) is 7.14. The van der Waals surface area contributed by atoms with Crippen LogP contribution in [-0.4, -0.2) is 59.0 Å². The lowest BCUT2D eigenvalue weighted by Gasteiger charge is -2.32. The summed E-state index contributed by atoms with van der Waals surface area (Å²) in [4.78, 5) is 15.8. The van der Waals surface area contributed by atoms with Gasteiger partial charge in [-0.1, -0.05) is 17.7 Å². The zero-order valence-corrected chi connectivity index (χ0v) is 16.9. The average Bonchev–Trinajstić information content (AvgIpc) is 2.67. The Balaban J connectivity index is 1.92. The molecule has 0 bridgehead atoms. The summed E-state index contributed by atoms with van der Waals surface area (Å²) in [5.74, 6) is -0.754. The van der Waals surface area contributed by atoms with Crippen molar-refractivity contribution < 1.29 is 22.5 Å². The van der Waals surface area contributed by atoms with Crippen LogP contribution in [0.25, 0.3) is 0 Å². The number of amides is 1. The summed E-state index contributed by atoms with van der Waals surface area (Å²) >= 11 is 0. The highest BCUT2D eigenvalue weighted by molar-refractivity contribution is 7.92. The largest absolute Gasteiger partial charge is 0.334 e. The number of benzene rings is 2. The molecule has 0 spiro atoms. The van der Waals surface area contributed by atoms with E-state index in [1.54, 1.807) is 29.2 Å². The molecule has 2 aromatic carbocycles. The highest BCUT2D eigenvalue weighted by Gasteiger charge is 2.30. The molecule has 2 aromatic rings. The summed E-state index contributed by atoms with van der Waals surface area (Å²) in [7, 11) is -1.95. The molecule has 6 nitrogen and oxygen atoms in total. The number of anilines is 1. The number of piperazine rings is 1. The summed E-state index contributed by atoms with van der Waals surface area (Å²) < 4.78 is 40.8. The van der Waals surface area contributed by atoms with Gasteiger partial charge in [0.15, 0.2) is 0 Å². The van der Waals surface area contributed by atoms with Gasteiger partial charge >= 0.3 is 0 Å². The van der Waals surface area contributed by atoms with E-state index in [-0.39, 0.29) is 17.3 Å². The average molecular weight is 407 g/mol. The van der Waals surface area contributed by atoms with Crippen LogP contribution in [0, 0.1) is 12.7 Å². The highest BCUT2D eigenvalue weighted by Crippen LogP contribution is 2.24. The van der Waals surface area contributed by atoms with Crippen LogP contribution in [0.15, 0.2) is 53.4 Å². The molecule has 0 aliphatic carbocycles. The van der Waals surface area contributed by atoms with Crippen molar-refractivity contribution in [1.82, 2.24) is 4.90 Å². The smallest absolute Gasteiger partial charge is 0.264 e. The van der Waals surface area contributed by atoms with Gasteiger partial charge in [-0.25, -0.2) is 12.8 Å². The van der Waals surface area contributed by atoms with E-state index in [0.29, 0.717) is 18.8 Å². The van der Waals surface area contributed by atoms with Crippen LogP contribution < -0.4 is 9.21 Å².